The molecule has 3 fully saturated rings. The van der Waals surface area contributed by atoms with Crippen LogP contribution in [0, 0.1) is 5.92 Å². The van der Waals surface area contributed by atoms with E-state index in [-0.39, 0.29) is 30.4 Å². The third-order valence-electron chi connectivity index (χ3n) is 7.95. The molecule has 0 saturated carbocycles. The van der Waals surface area contributed by atoms with Crippen molar-refractivity contribution in [1.82, 2.24) is 20.0 Å². The van der Waals surface area contributed by atoms with Crippen LogP contribution in [0.5, 0.6) is 0 Å². The van der Waals surface area contributed by atoms with Gasteiger partial charge in [0.15, 0.2) is 5.54 Å². The highest BCUT2D eigenvalue weighted by atomic mass is 16.2. The summed E-state index contributed by atoms with van der Waals surface area (Å²) in [6.45, 7) is 3.42. The largest absolute Gasteiger partial charge is 0.342 e. The van der Waals surface area contributed by atoms with Crippen LogP contribution in [0.25, 0.3) is 0 Å². The average molecular weight is 489 g/mol. The SMILES string of the molecule is O=C(C1CCN(CN2C(=O)NC(Cc3ccccc3)(c3ccccc3)C2=O)CC1)N1CCCCCC1. The maximum Gasteiger partial charge on any atom is 0.326 e. The summed E-state index contributed by atoms with van der Waals surface area (Å²) in [5.74, 6) is 0.117. The fraction of sp³-hybridized carbons (Fsp3) is 0.483. The van der Waals surface area contributed by atoms with Crippen molar-refractivity contribution in [3.05, 3.63) is 71.8 Å². The molecule has 3 aliphatic rings. The molecule has 3 saturated heterocycles. The first-order valence-corrected chi connectivity index (χ1v) is 13.3. The number of carbonyl (C=O) groups is 3. The topological polar surface area (TPSA) is 73.0 Å². The van der Waals surface area contributed by atoms with Crippen molar-refractivity contribution in [2.75, 3.05) is 32.8 Å². The number of rotatable bonds is 6. The average Bonchev–Trinajstić information content (AvgIpc) is 3.10. The van der Waals surface area contributed by atoms with E-state index in [1.807, 2.05) is 60.7 Å². The van der Waals surface area contributed by atoms with Crippen LogP contribution < -0.4 is 5.32 Å². The number of carbonyl (C=O) groups excluding carboxylic acids is 3. The van der Waals surface area contributed by atoms with E-state index in [4.69, 9.17) is 0 Å². The summed E-state index contributed by atoms with van der Waals surface area (Å²) in [7, 11) is 0. The number of hydrogen-bond acceptors (Lipinski definition) is 4. The highest BCUT2D eigenvalue weighted by Crippen LogP contribution is 2.33. The van der Waals surface area contributed by atoms with Gasteiger partial charge in [0.05, 0.1) is 6.67 Å². The summed E-state index contributed by atoms with van der Waals surface area (Å²) in [6.07, 6.45) is 6.56. The van der Waals surface area contributed by atoms with Gasteiger partial charge in [-0.15, -0.1) is 0 Å². The molecule has 7 nitrogen and oxygen atoms in total. The number of nitrogens with one attached hydrogen (secondary N) is 1. The number of nitrogens with zero attached hydrogens (tertiary/aromatic N) is 3. The van der Waals surface area contributed by atoms with Crippen LogP contribution in [0.3, 0.4) is 0 Å². The zero-order valence-corrected chi connectivity index (χ0v) is 20.9. The zero-order valence-electron chi connectivity index (χ0n) is 20.9. The van der Waals surface area contributed by atoms with E-state index < -0.39 is 5.54 Å². The summed E-state index contributed by atoms with van der Waals surface area (Å²) in [5.41, 5.74) is 0.655. The van der Waals surface area contributed by atoms with Gasteiger partial charge in [0.25, 0.3) is 5.91 Å². The van der Waals surface area contributed by atoms with Crippen molar-refractivity contribution in [3.8, 4) is 0 Å². The van der Waals surface area contributed by atoms with Gasteiger partial charge in [-0.2, -0.15) is 0 Å². The lowest BCUT2D eigenvalue weighted by molar-refractivity contribution is -0.138. The van der Waals surface area contributed by atoms with E-state index in [0.29, 0.717) is 19.5 Å². The molecule has 36 heavy (non-hydrogen) atoms. The Morgan fingerprint density at radius 3 is 2.08 bits per heavy atom. The lowest BCUT2D eigenvalue weighted by Crippen LogP contribution is -2.49. The molecule has 1 unspecified atom stereocenters. The lowest BCUT2D eigenvalue weighted by Gasteiger charge is -2.35. The van der Waals surface area contributed by atoms with E-state index in [1.165, 1.54) is 17.7 Å². The van der Waals surface area contributed by atoms with Crippen molar-refractivity contribution in [3.63, 3.8) is 0 Å². The quantitative estimate of drug-likeness (QED) is 0.629. The van der Waals surface area contributed by atoms with E-state index in [9.17, 15) is 14.4 Å². The van der Waals surface area contributed by atoms with Crippen LogP contribution in [-0.4, -0.2) is 65.4 Å². The smallest absolute Gasteiger partial charge is 0.326 e. The molecule has 0 radical (unpaired) electrons. The first-order chi connectivity index (χ1) is 17.6. The van der Waals surface area contributed by atoms with Gasteiger partial charge in [0, 0.05) is 38.5 Å². The Bertz CT molecular complexity index is 1060. The zero-order chi connectivity index (χ0) is 25.0. The highest BCUT2D eigenvalue weighted by Gasteiger charge is 2.52. The molecule has 2 aromatic carbocycles. The molecule has 1 N–H and O–H groups in total. The Hall–Kier alpha value is -3.19. The molecule has 1 atom stereocenters. The number of hydrogen-bond donors (Lipinski definition) is 1. The Balaban J connectivity index is 1.26. The van der Waals surface area contributed by atoms with E-state index >= 15 is 0 Å². The summed E-state index contributed by atoms with van der Waals surface area (Å²) >= 11 is 0. The molecule has 0 bridgehead atoms. The number of benzene rings is 2. The van der Waals surface area contributed by atoms with Crippen LogP contribution >= 0.6 is 0 Å². The Morgan fingerprint density at radius 1 is 0.833 bits per heavy atom. The van der Waals surface area contributed by atoms with Gasteiger partial charge in [-0.1, -0.05) is 73.5 Å². The van der Waals surface area contributed by atoms with Gasteiger partial charge >= 0.3 is 6.03 Å². The first-order valence-electron chi connectivity index (χ1n) is 13.3. The minimum atomic E-state index is -1.12. The second-order valence-electron chi connectivity index (χ2n) is 10.4. The van der Waals surface area contributed by atoms with Gasteiger partial charge in [0.1, 0.15) is 0 Å². The second-order valence-corrected chi connectivity index (χ2v) is 10.4. The molecular formula is C29H36N4O3. The van der Waals surface area contributed by atoms with Gasteiger partial charge in [-0.25, -0.2) is 9.69 Å². The molecule has 5 rings (SSSR count). The van der Waals surface area contributed by atoms with Gasteiger partial charge in [-0.3, -0.25) is 14.5 Å². The molecular weight excluding hydrogens is 452 g/mol. The van der Waals surface area contributed by atoms with E-state index in [1.54, 1.807) is 0 Å². The summed E-state index contributed by atoms with van der Waals surface area (Å²) in [4.78, 5) is 45.6. The summed E-state index contributed by atoms with van der Waals surface area (Å²) < 4.78 is 0. The maximum atomic E-state index is 13.9. The lowest BCUT2D eigenvalue weighted by atomic mass is 9.83. The van der Waals surface area contributed by atoms with Crippen molar-refractivity contribution in [2.24, 2.45) is 5.92 Å². The Morgan fingerprint density at radius 2 is 1.44 bits per heavy atom. The molecule has 4 amide bonds. The molecule has 7 heteroatoms. The van der Waals surface area contributed by atoms with Crippen LogP contribution in [0.15, 0.2) is 60.7 Å². The molecule has 3 heterocycles. The fourth-order valence-electron chi connectivity index (χ4n) is 5.87. The molecule has 0 aromatic heterocycles. The minimum Gasteiger partial charge on any atom is -0.342 e. The third kappa shape index (κ3) is 5.03. The Labute approximate surface area is 213 Å². The number of urea groups is 1. The van der Waals surface area contributed by atoms with Crippen LogP contribution in [0.4, 0.5) is 4.79 Å². The maximum absolute atomic E-state index is 13.9. The van der Waals surface area contributed by atoms with Gasteiger partial charge < -0.3 is 10.2 Å². The standard InChI is InChI=1S/C29H36N4O3/c34-26(32-17-9-1-2-10-18-32)24-15-19-31(20-16-24)22-33-27(35)29(30-28(33)36,25-13-7-4-8-14-25)21-23-11-5-3-6-12-23/h3-8,11-14,24H,1-2,9-10,15-22H2,(H,30,36). The first kappa shape index (κ1) is 24.5. The normalized spacial score (nSPS) is 24.0. The monoisotopic (exact) mass is 488 g/mol. The van der Waals surface area contributed by atoms with Crippen molar-refractivity contribution < 1.29 is 14.4 Å². The van der Waals surface area contributed by atoms with Crippen molar-refractivity contribution >= 4 is 17.8 Å². The third-order valence-corrected chi connectivity index (χ3v) is 7.95. The van der Waals surface area contributed by atoms with Crippen LogP contribution in [-0.2, 0) is 21.5 Å². The predicted molar refractivity (Wildman–Crippen MR) is 138 cm³/mol. The van der Waals surface area contributed by atoms with Gasteiger partial charge in [0.2, 0.25) is 5.91 Å². The number of likely N-dealkylation sites (tertiary alicyclic amines) is 2. The van der Waals surface area contributed by atoms with Crippen LogP contribution in [0.2, 0.25) is 0 Å². The molecule has 0 aliphatic carbocycles. The number of imide groups is 1. The number of amides is 4. The van der Waals surface area contributed by atoms with Crippen molar-refractivity contribution in [1.29, 1.82) is 0 Å². The molecule has 190 valence electrons. The highest BCUT2D eigenvalue weighted by molar-refractivity contribution is 6.07. The second kappa shape index (κ2) is 10.8. The minimum absolute atomic E-state index is 0.0453. The predicted octanol–water partition coefficient (Wildman–Crippen LogP) is 3.75. The molecule has 2 aromatic rings. The summed E-state index contributed by atoms with van der Waals surface area (Å²) in [6, 6.07) is 19.0. The Kier molecular flexibility index (Phi) is 7.37. The van der Waals surface area contributed by atoms with Crippen LogP contribution in [0.1, 0.15) is 49.7 Å². The fourth-order valence-corrected chi connectivity index (χ4v) is 5.87. The van der Waals surface area contributed by atoms with Gasteiger partial charge in [-0.05, 0) is 36.8 Å². The van der Waals surface area contributed by atoms with Crippen molar-refractivity contribution in [2.45, 2.75) is 50.5 Å². The summed E-state index contributed by atoms with van der Waals surface area (Å²) in [5, 5.41) is 3.05. The molecule has 0 spiro atoms. The van der Waals surface area contributed by atoms with E-state index in [2.05, 4.69) is 15.1 Å². The molecule has 3 aliphatic heterocycles. The van der Waals surface area contributed by atoms with E-state index in [0.717, 1.165) is 49.9 Å². The number of piperidine rings is 1.